The number of rotatable bonds is 4. The smallest absolute Gasteiger partial charge is 0.312 e. The normalized spacial score (nSPS) is 18.6. The van der Waals surface area contributed by atoms with Crippen LogP contribution in [0.5, 0.6) is 0 Å². The van der Waals surface area contributed by atoms with Gasteiger partial charge in [0.25, 0.3) is 0 Å². The molecule has 2 aliphatic rings. The van der Waals surface area contributed by atoms with Crippen LogP contribution in [0.25, 0.3) is 11.1 Å². The summed E-state index contributed by atoms with van der Waals surface area (Å²) < 4.78 is 0. The second-order valence-corrected chi connectivity index (χ2v) is 6.92. The summed E-state index contributed by atoms with van der Waals surface area (Å²) in [5.74, 6) is -0.247. The van der Waals surface area contributed by atoms with E-state index in [0.717, 1.165) is 36.8 Å². The first-order valence-corrected chi connectivity index (χ1v) is 9.18. The minimum absolute atomic E-state index is 0.245. The summed E-state index contributed by atoms with van der Waals surface area (Å²) in [5.41, 5.74) is 1.98. The standard InChI is InChI=1S/C20H22N4O2/c25-19-20(26)24(17-8-4-5-9-17)11-10-23(19)14-18-21-12-16(13-22-18)15-6-2-1-3-7-15/h1-3,6-7,12-13,17H,4-5,8-11,14H2. The van der Waals surface area contributed by atoms with Crippen LogP contribution < -0.4 is 0 Å². The van der Waals surface area contributed by atoms with Crippen LogP contribution in [0.4, 0.5) is 0 Å². The van der Waals surface area contributed by atoms with Gasteiger partial charge in [-0.25, -0.2) is 9.97 Å². The molecule has 1 saturated carbocycles. The molecular formula is C20H22N4O2. The van der Waals surface area contributed by atoms with Crippen LogP contribution in [0, 0.1) is 0 Å². The first kappa shape index (κ1) is 16.7. The lowest BCUT2D eigenvalue weighted by atomic mass is 10.1. The van der Waals surface area contributed by atoms with Gasteiger partial charge in [0.05, 0.1) is 6.54 Å². The van der Waals surface area contributed by atoms with E-state index in [2.05, 4.69) is 9.97 Å². The van der Waals surface area contributed by atoms with Crippen LogP contribution in [0.2, 0.25) is 0 Å². The Hall–Kier alpha value is -2.76. The van der Waals surface area contributed by atoms with Crippen molar-refractivity contribution in [2.75, 3.05) is 13.1 Å². The third-order valence-corrected chi connectivity index (χ3v) is 5.25. The number of hydrogen-bond donors (Lipinski definition) is 0. The molecule has 1 aliphatic carbocycles. The van der Waals surface area contributed by atoms with Crippen molar-refractivity contribution < 1.29 is 9.59 Å². The minimum Gasteiger partial charge on any atom is -0.330 e. The van der Waals surface area contributed by atoms with Crippen molar-refractivity contribution >= 4 is 11.8 Å². The van der Waals surface area contributed by atoms with E-state index in [0.29, 0.717) is 18.9 Å². The van der Waals surface area contributed by atoms with Crippen LogP contribution in [-0.2, 0) is 16.1 Å². The third-order valence-electron chi connectivity index (χ3n) is 5.25. The van der Waals surface area contributed by atoms with Gasteiger partial charge in [0.15, 0.2) is 0 Å². The Morgan fingerprint density at radius 2 is 1.58 bits per heavy atom. The Balaban J connectivity index is 1.41. The molecule has 4 rings (SSSR count). The van der Waals surface area contributed by atoms with E-state index >= 15 is 0 Å². The topological polar surface area (TPSA) is 66.4 Å². The molecule has 1 saturated heterocycles. The van der Waals surface area contributed by atoms with Crippen LogP contribution >= 0.6 is 0 Å². The van der Waals surface area contributed by atoms with E-state index < -0.39 is 5.91 Å². The molecule has 0 radical (unpaired) electrons. The van der Waals surface area contributed by atoms with Crippen molar-refractivity contribution in [1.29, 1.82) is 0 Å². The van der Waals surface area contributed by atoms with Crippen molar-refractivity contribution in [2.24, 2.45) is 0 Å². The summed E-state index contributed by atoms with van der Waals surface area (Å²) >= 11 is 0. The molecule has 0 N–H and O–H groups in total. The lowest BCUT2D eigenvalue weighted by Crippen LogP contribution is -2.56. The number of aromatic nitrogens is 2. The highest BCUT2D eigenvalue weighted by Crippen LogP contribution is 2.25. The summed E-state index contributed by atoms with van der Waals surface area (Å²) in [7, 11) is 0. The van der Waals surface area contributed by atoms with E-state index in [-0.39, 0.29) is 18.5 Å². The van der Waals surface area contributed by atoms with Gasteiger partial charge in [0.1, 0.15) is 5.82 Å². The van der Waals surface area contributed by atoms with Crippen LogP contribution in [0.3, 0.4) is 0 Å². The van der Waals surface area contributed by atoms with Gasteiger partial charge in [-0.1, -0.05) is 43.2 Å². The fourth-order valence-corrected chi connectivity index (χ4v) is 3.79. The molecule has 1 aromatic carbocycles. The summed E-state index contributed by atoms with van der Waals surface area (Å²) in [4.78, 5) is 37.0. The maximum Gasteiger partial charge on any atom is 0.312 e. The zero-order chi connectivity index (χ0) is 17.9. The third kappa shape index (κ3) is 3.31. The molecule has 6 heteroatoms. The fourth-order valence-electron chi connectivity index (χ4n) is 3.79. The largest absolute Gasteiger partial charge is 0.330 e. The van der Waals surface area contributed by atoms with Crippen molar-refractivity contribution in [3.8, 4) is 11.1 Å². The number of hydrogen-bond acceptors (Lipinski definition) is 4. The monoisotopic (exact) mass is 350 g/mol. The number of carbonyl (C=O) groups excluding carboxylic acids is 2. The number of amides is 2. The van der Waals surface area contributed by atoms with Crippen molar-refractivity contribution in [1.82, 2.24) is 19.8 Å². The minimum atomic E-state index is -0.432. The Bertz CT molecular complexity index is 785. The Morgan fingerprint density at radius 1 is 0.885 bits per heavy atom. The second-order valence-electron chi connectivity index (χ2n) is 6.92. The van der Waals surface area contributed by atoms with Gasteiger partial charge >= 0.3 is 11.8 Å². The molecule has 0 unspecified atom stereocenters. The molecular weight excluding hydrogens is 328 g/mol. The van der Waals surface area contributed by atoms with E-state index in [9.17, 15) is 9.59 Å². The maximum absolute atomic E-state index is 12.5. The highest BCUT2D eigenvalue weighted by atomic mass is 16.2. The van der Waals surface area contributed by atoms with Gasteiger partial charge in [-0.05, 0) is 18.4 Å². The highest BCUT2D eigenvalue weighted by Gasteiger charge is 2.37. The van der Waals surface area contributed by atoms with E-state index in [1.807, 2.05) is 30.3 Å². The molecule has 2 aromatic rings. The van der Waals surface area contributed by atoms with Crippen LogP contribution in [0.15, 0.2) is 42.7 Å². The van der Waals surface area contributed by atoms with Crippen molar-refractivity contribution in [3.05, 3.63) is 48.5 Å². The van der Waals surface area contributed by atoms with Gasteiger partial charge in [0, 0.05) is 37.1 Å². The van der Waals surface area contributed by atoms with Crippen LogP contribution in [0.1, 0.15) is 31.5 Å². The Morgan fingerprint density at radius 3 is 2.27 bits per heavy atom. The van der Waals surface area contributed by atoms with Gasteiger partial charge < -0.3 is 9.80 Å². The van der Waals surface area contributed by atoms with E-state index in [4.69, 9.17) is 0 Å². The number of nitrogens with zero attached hydrogens (tertiary/aromatic N) is 4. The highest BCUT2D eigenvalue weighted by molar-refractivity contribution is 6.35. The zero-order valence-electron chi connectivity index (χ0n) is 14.7. The fraction of sp³-hybridized carbons (Fsp3) is 0.400. The van der Waals surface area contributed by atoms with E-state index in [1.165, 1.54) is 0 Å². The van der Waals surface area contributed by atoms with Gasteiger partial charge in [0.2, 0.25) is 0 Å². The molecule has 0 spiro atoms. The SMILES string of the molecule is O=C1C(=O)N(C2CCCC2)CCN1Cc1ncc(-c2ccccc2)cn1. The average molecular weight is 350 g/mol. The number of carbonyl (C=O) groups is 2. The van der Waals surface area contributed by atoms with Gasteiger partial charge in [-0.15, -0.1) is 0 Å². The molecule has 2 fully saturated rings. The molecule has 1 aromatic heterocycles. The summed E-state index contributed by atoms with van der Waals surface area (Å²) in [6.45, 7) is 1.43. The zero-order valence-corrected chi connectivity index (χ0v) is 14.7. The lowest BCUT2D eigenvalue weighted by Gasteiger charge is -2.36. The molecule has 134 valence electrons. The average Bonchev–Trinajstić information content (AvgIpc) is 3.21. The first-order valence-electron chi connectivity index (χ1n) is 9.18. The molecule has 0 atom stereocenters. The second kappa shape index (κ2) is 7.23. The predicted octanol–water partition coefficient (Wildman–Crippen LogP) is 2.26. The summed E-state index contributed by atoms with van der Waals surface area (Å²) in [6, 6.07) is 10.2. The summed E-state index contributed by atoms with van der Waals surface area (Å²) in [5, 5.41) is 0. The molecule has 1 aliphatic heterocycles. The van der Waals surface area contributed by atoms with Gasteiger partial charge in [-0.3, -0.25) is 9.59 Å². The quantitative estimate of drug-likeness (QED) is 0.794. The number of piperazine rings is 1. The van der Waals surface area contributed by atoms with Crippen molar-refractivity contribution in [2.45, 2.75) is 38.3 Å². The maximum atomic E-state index is 12.5. The molecule has 0 bridgehead atoms. The Labute approximate surface area is 152 Å². The molecule has 2 heterocycles. The van der Waals surface area contributed by atoms with E-state index in [1.54, 1.807) is 22.2 Å². The molecule has 6 nitrogen and oxygen atoms in total. The van der Waals surface area contributed by atoms with Crippen molar-refractivity contribution in [3.63, 3.8) is 0 Å². The Kier molecular flexibility index (Phi) is 4.65. The predicted molar refractivity (Wildman–Crippen MR) is 96.9 cm³/mol. The molecule has 26 heavy (non-hydrogen) atoms. The lowest BCUT2D eigenvalue weighted by molar-refractivity contribution is -0.158. The first-order chi connectivity index (χ1) is 12.7. The van der Waals surface area contributed by atoms with Gasteiger partial charge in [-0.2, -0.15) is 0 Å². The summed E-state index contributed by atoms with van der Waals surface area (Å²) in [6.07, 6.45) is 7.85. The molecule has 2 amide bonds. The number of benzene rings is 1. The van der Waals surface area contributed by atoms with Crippen LogP contribution in [-0.4, -0.2) is 50.7 Å².